The quantitative estimate of drug-likeness (QED) is 0.465. The van der Waals surface area contributed by atoms with Crippen LogP contribution in [0.25, 0.3) is 10.6 Å². The Kier molecular flexibility index (Phi) is 6.19. The molecular formula is C16H18N4OS3. The first-order chi connectivity index (χ1) is 11.7. The Balaban J connectivity index is 1.54. The van der Waals surface area contributed by atoms with Gasteiger partial charge in [-0.3, -0.25) is 0 Å². The lowest BCUT2D eigenvalue weighted by atomic mass is 10.2. The summed E-state index contributed by atoms with van der Waals surface area (Å²) >= 11 is 4.90. The third-order valence-electron chi connectivity index (χ3n) is 3.18. The number of benzene rings is 1. The molecule has 1 N–H and O–H groups in total. The molecule has 0 amide bonds. The van der Waals surface area contributed by atoms with Gasteiger partial charge in [-0.25, -0.2) is 4.98 Å². The second kappa shape index (κ2) is 8.57. The lowest BCUT2D eigenvalue weighted by Crippen LogP contribution is -2.06. The number of ether oxygens (including phenoxy) is 1. The molecule has 0 unspecified atom stereocenters. The molecule has 8 heteroatoms. The van der Waals surface area contributed by atoms with Crippen molar-refractivity contribution in [3.63, 3.8) is 0 Å². The molecule has 0 radical (unpaired) electrons. The first kappa shape index (κ1) is 17.3. The highest BCUT2D eigenvalue weighted by Crippen LogP contribution is 2.30. The predicted octanol–water partition coefficient (Wildman–Crippen LogP) is 4.32. The Morgan fingerprint density at radius 3 is 2.83 bits per heavy atom. The molecule has 0 bridgehead atoms. The van der Waals surface area contributed by atoms with E-state index in [-0.39, 0.29) is 0 Å². The standard InChI is InChI=1S/C16H18N4OS3/c1-11-3-5-12(6-4-11)14-18-13(9-22-14)10-23-16-20-19-15(24-16)17-7-8-21-2/h3-6,9H,7-8,10H2,1-2H3,(H,17,19). The molecule has 0 fully saturated rings. The highest BCUT2D eigenvalue weighted by molar-refractivity contribution is 8.00. The van der Waals surface area contributed by atoms with E-state index in [9.17, 15) is 0 Å². The van der Waals surface area contributed by atoms with Crippen molar-refractivity contribution in [1.82, 2.24) is 15.2 Å². The second-order valence-electron chi connectivity index (χ2n) is 5.09. The highest BCUT2D eigenvalue weighted by atomic mass is 32.2. The molecule has 0 saturated heterocycles. The van der Waals surface area contributed by atoms with Crippen molar-refractivity contribution in [3.8, 4) is 10.6 Å². The number of aryl methyl sites for hydroxylation is 1. The topological polar surface area (TPSA) is 59.9 Å². The summed E-state index contributed by atoms with van der Waals surface area (Å²) in [5.41, 5.74) is 3.50. The number of rotatable bonds is 8. The molecule has 24 heavy (non-hydrogen) atoms. The van der Waals surface area contributed by atoms with Crippen molar-refractivity contribution in [2.24, 2.45) is 0 Å². The van der Waals surface area contributed by atoms with Gasteiger partial charge in [0.1, 0.15) is 5.01 Å². The number of nitrogens with zero attached hydrogens (tertiary/aromatic N) is 3. The largest absolute Gasteiger partial charge is 0.383 e. The van der Waals surface area contributed by atoms with E-state index in [0.29, 0.717) is 6.61 Å². The zero-order valence-corrected chi connectivity index (χ0v) is 15.9. The van der Waals surface area contributed by atoms with Crippen molar-refractivity contribution < 1.29 is 4.74 Å². The molecule has 2 heterocycles. The van der Waals surface area contributed by atoms with Gasteiger partial charge in [0.05, 0.1) is 12.3 Å². The summed E-state index contributed by atoms with van der Waals surface area (Å²) in [4.78, 5) is 4.71. The van der Waals surface area contributed by atoms with E-state index < -0.39 is 0 Å². The van der Waals surface area contributed by atoms with Gasteiger partial charge in [0.25, 0.3) is 0 Å². The van der Waals surface area contributed by atoms with Gasteiger partial charge >= 0.3 is 0 Å². The summed E-state index contributed by atoms with van der Waals surface area (Å²) in [5.74, 6) is 0.801. The fourth-order valence-electron chi connectivity index (χ4n) is 1.94. The van der Waals surface area contributed by atoms with Crippen LogP contribution in [0.3, 0.4) is 0 Å². The molecule has 126 valence electrons. The molecule has 3 aromatic rings. The van der Waals surface area contributed by atoms with Crippen molar-refractivity contribution in [2.45, 2.75) is 17.0 Å². The monoisotopic (exact) mass is 378 g/mol. The SMILES string of the molecule is COCCNc1nnc(SCc2csc(-c3ccc(C)cc3)n2)s1. The predicted molar refractivity (Wildman–Crippen MR) is 102 cm³/mol. The molecule has 0 saturated carbocycles. The van der Waals surface area contributed by atoms with Gasteiger partial charge in [0.15, 0.2) is 4.34 Å². The van der Waals surface area contributed by atoms with Gasteiger partial charge in [-0.15, -0.1) is 21.5 Å². The molecule has 0 atom stereocenters. The third kappa shape index (κ3) is 4.76. The molecule has 2 aromatic heterocycles. The Bertz CT molecular complexity index is 770. The molecule has 5 nitrogen and oxygen atoms in total. The van der Waals surface area contributed by atoms with Crippen LogP contribution in [0.2, 0.25) is 0 Å². The van der Waals surface area contributed by atoms with Gasteiger partial charge in [0.2, 0.25) is 5.13 Å². The minimum Gasteiger partial charge on any atom is -0.383 e. The number of nitrogens with one attached hydrogen (secondary N) is 1. The average Bonchev–Trinajstić information content (AvgIpc) is 3.23. The number of anilines is 1. The van der Waals surface area contributed by atoms with Crippen molar-refractivity contribution in [3.05, 3.63) is 40.9 Å². The normalized spacial score (nSPS) is 10.9. The van der Waals surface area contributed by atoms with Crippen molar-refractivity contribution in [1.29, 1.82) is 0 Å². The number of hydrogen-bond donors (Lipinski definition) is 1. The van der Waals surface area contributed by atoms with E-state index in [1.807, 2.05) is 0 Å². The van der Waals surface area contributed by atoms with Gasteiger partial charge in [-0.2, -0.15) is 0 Å². The number of thioether (sulfide) groups is 1. The van der Waals surface area contributed by atoms with Gasteiger partial charge in [-0.1, -0.05) is 52.9 Å². The zero-order valence-electron chi connectivity index (χ0n) is 13.5. The van der Waals surface area contributed by atoms with Crippen LogP contribution < -0.4 is 5.32 Å². The van der Waals surface area contributed by atoms with E-state index in [1.165, 1.54) is 11.1 Å². The van der Waals surface area contributed by atoms with Crippen molar-refractivity contribution in [2.75, 3.05) is 25.6 Å². The van der Waals surface area contributed by atoms with Crippen LogP contribution in [0.15, 0.2) is 34.0 Å². The van der Waals surface area contributed by atoms with E-state index in [1.54, 1.807) is 41.5 Å². The lowest BCUT2D eigenvalue weighted by molar-refractivity contribution is 0.211. The number of thiazole rings is 1. The second-order valence-corrected chi connectivity index (χ2v) is 8.15. The van der Waals surface area contributed by atoms with Crippen LogP contribution >= 0.6 is 34.4 Å². The molecule has 0 spiro atoms. The number of aromatic nitrogens is 3. The smallest absolute Gasteiger partial charge is 0.206 e. The lowest BCUT2D eigenvalue weighted by Gasteiger charge is -1.98. The Labute approximate surface area is 153 Å². The third-order valence-corrected chi connectivity index (χ3v) is 6.17. The van der Waals surface area contributed by atoms with Gasteiger partial charge in [0, 0.05) is 30.4 Å². The van der Waals surface area contributed by atoms with Gasteiger partial charge < -0.3 is 10.1 Å². The summed E-state index contributed by atoms with van der Waals surface area (Å²) in [6.45, 7) is 3.48. The number of methoxy groups -OCH3 is 1. The molecule has 1 aromatic carbocycles. The summed E-state index contributed by atoms with van der Waals surface area (Å²) in [5, 5.41) is 15.5. The Morgan fingerprint density at radius 1 is 1.21 bits per heavy atom. The minimum atomic E-state index is 0.655. The van der Waals surface area contributed by atoms with Crippen LogP contribution in [0.1, 0.15) is 11.3 Å². The minimum absolute atomic E-state index is 0.655. The molecule has 3 rings (SSSR count). The maximum absolute atomic E-state index is 5.00. The van der Waals surface area contributed by atoms with Crippen molar-refractivity contribution >= 4 is 39.6 Å². The summed E-state index contributed by atoms with van der Waals surface area (Å²) < 4.78 is 5.95. The van der Waals surface area contributed by atoms with Gasteiger partial charge in [-0.05, 0) is 6.92 Å². The van der Waals surface area contributed by atoms with Crippen LogP contribution in [-0.2, 0) is 10.5 Å². The molecule has 0 aliphatic heterocycles. The Morgan fingerprint density at radius 2 is 2.04 bits per heavy atom. The fourth-order valence-corrected chi connectivity index (χ4v) is 4.54. The fraction of sp³-hybridized carbons (Fsp3) is 0.312. The highest BCUT2D eigenvalue weighted by Gasteiger charge is 2.08. The van der Waals surface area contributed by atoms with E-state index in [0.717, 1.165) is 32.5 Å². The molecule has 0 aliphatic rings. The summed E-state index contributed by atoms with van der Waals surface area (Å²) in [6, 6.07) is 8.47. The summed E-state index contributed by atoms with van der Waals surface area (Å²) in [7, 11) is 1.68. The van der Waals surface area contributed by atoms with E-state index >= 15 is 0 Å². The molecular weight excluding hydrogens is 360 g/mol. The average molecular weight is 379 g/mol. The van der Waals surface area contributed by atoms with Crippen LogP contribution in [0, 0.1) is 6.92 Å². The first-order valence-electron chi connectivity index (χ1n) is 7.45. The van der Waals surface area contributed by atoms with E-state index in [4.69, 9.17) is 9.72 Å². The summed E-state index contributed by atoms with van der Waals surface area (Å²) in [6.07, 6.45) is 0. The van der Waals surface area contributed by atoms with Crippen LogP contribution in [0.4, 0.5) is 5.13 Å². The maximum atomic E-state index is 5.00. The van der Waals surface area contributed by atoms with Crippen LogP contribution in [-0.4, -0.2) is 35.4 Å². The zero-order chi connectivity index (χ0) is 16.8. The maximum Gasteiger partial charge on any atom is 0.206 e. The molecule has 0 aliphatic carbocycles. The van der Waals surface area contributed by atoms with E-state index in [2.05, 4.69) is 52.1 Å². The van der Waals surface area contributed by atoms with Crippen LogP contribution in [0.5, 0.6) is 0 Å². The first-order valence-corrected chi connectivity index (χ1v) is 10.1. The number of hydrogen-bond acceptors (Lipinski definition) is 8. The Hall–Kier alpha value is -1.48.